The van der Waals surface area contributed by atoms with Gasteiger partial charge in [-0.05, 0) is 13.3 Å². The lowest BCUT2D eigenvalue weighted by Gasteiger charge is -2.25. The molecule has 0 saturated carbocycles. The van der Waals surface area contributed by atoms with Gasteiger partial charge in [-0.15, -0.1) is 0 Å². The van der Waals surface area contributed by atoms with Crippen molar-refractivity contribution in [3.05, 3.63) is 0 Å². The first-order valence-corrected chi connectivity index (χ1v) is 4.74. The summed E-state index contributed by atoms with van der Waals surface area (Å²) in [4.78, 5) is 11.1. The van der Waals surface area contributed by atoms with Gasteiger partial charge in [0.1, 0.15) is 0 Å². The Balaban J connectivity index is 3.80. The van der Waals surface area contributed by atoms with Gasteiger partial charge in [-0.1, -0.05) is 13.3 Å². The molecule has 84 valence electrons. The predicted molar refractivity (Wildman–Crippen MR) is 52.0 cm³/mol. The maximum atomic E-state index is 11.1. The van der Waals surface area contributed by atoms with E-state index in [2.05, 4.69) is 5.32 Å². The van der Waals surface area contributed by atoms with E-state index >= 15 is 0 Å². The van der Waals surface area contributed by atoms with Crippen LogP contribution >= 0.6 is 0 Å². The number of rotatable bonds is 6. The zero-order chi connectivity index (χ0) is 11.0. The van der Waals surface area contributed by atoms with Crippen molar-refractivity contribution in [3.63, 3.8) is 0 Å². The van der Waals surface area contributed by atoms with Crippen LogP contribution in [0.3, 0.4) is 0 Å². The van der Waals surface area contributed by atoms with Crippen molar-refractivity contribution >= 4 is 6.09 Å². The van der Waals surface area contributed by atoms with Gasteiger partial charge in [0.2, 0.25) is 0 Å². The normalized spacial score (nSPS) is 11.1. The number of amides is 1. The minimum atomic E-state index is -1.01. The molecule has 0 aromatic rings. The third kappa shape index (κ3) is 5.04. The molecule has 0 aliphatic carbocycles. The number of carbonyl (C=O) groups excluding carboxylic acids is 1. The van der Waals surface area contributed by atoms with Crippen LogP contribution in [0.4, 0.5) is 4.79 Å². The number of unbranched alkanes of at least 4 members (excludes halogenated alkanes) is 1. The Morgan fingerprint density at radius 1 is 1.43 bits per heavy atom. The fourth-order valence-electron chi connectivity index (χ4n) is 0.721. The molecule has 0 saturated heterocycles. The van der Waals surface area contributed by atoms with Gasteiger partial charge in [0.15, 0.2) is 0 Å². The molecule has 0 radical (unpaired) electrons. The Labute approximate surface area is 84.1 Å². The Hall–Kier alpha value is -0.810. The summed E-state index contributed by atoms with van der Waals surface area (Å²) in [5, 5.41) is 20.1. The van der Waals surface area contributed by atoms with Crippen LogP contribution in [0.25, 0.3) is 0 Å². The molecule has 0 atom stereocenters. The maximum absolute atomic E-state index is 11.1. The number of aliphatic hydroxyl groups excluding tert-OH is 2. The van der Waals surface area contributed by atoms with Crippen molar-refractivity contribution in [1.82, 2.24) is 5.32 Å². The van der Waals surface area contributed by atoms with E-state index in [1.165, 1.54) is 6.92 Å². The highest BCUT2D eigenvalue weighted by atomic mass is 16.5. The summed E-state index contributed by atoms with van der Waals surface area (Å²) in [6, 6.07) is 0. The van der Waals surface area contributed by atoms with E-state index in [4.69, 9.17) is 14.9 Å². The van der Waals surface area contributed by atoms with E-state index in [1.807, 2.05) is 6.92 Å². The minimum absolute atomic E-state index is 0.327. The molecule has 0 aromatic heterocycles. The average molecular weight is 205 g/mol. The molecular formula is C9H19NO4. The first-order valence-electron chi connectivity index (χ1n) is 4.74. The molecule has 14 heavy (non-hydrogen) atoms. The fraction of sp³-hybridized carbons (Fsp3) is 0.889. The van der Waals surface area contributed by atoms with Crippen molar-refractivity contribution in [2.75, 3.05) is 19.8 Å². The van der Waals surface area contributed by atoms with E-state index in [0.29, 0.717) is 6.61 Å². The predicted octanol–water partition coefficient (Wildman–Crippen LogP) is 0.256. The Bertz CT molecular complexity index is 168. The van der Waals surface area contributed by atoms with Gasteiger partial charge in [-0.3, -0.25) is 0 Å². The summed E-state index contributed by atoms with van der Waals surface area (Å²) in [7, 11) is 0. The van der Waals surface area contributed by atoms with Gasteiger partial charge in [0, 0.05) is 0 Å². The standard InChI is InChI=1S/C9H19NO4/c1-3-4-5-14-8(13)10-9(2,6-11)7-12/h11-12H,3-7H2,1-2H3,(H,10,13). The van der Waals surface area contributed by atoms with Crippen LogP contribution in [0.2, 0.25) is 0 Å². The molecule has 0 bridgehead atoms. The van der Waals surface area contributed by atoms with Crippen LogP contribution in [0.15, 0.2) is 0 Å². The van der Waals surface area contributed by atoms with E-state index in [0.717, 1.165) is 12.8 Å². The molecule has 0 rings (SSSR count). The molecule has 5 nitrogen and oxygen atoms in total. The summed E-state index contributed by atoms with van der Waals surface area (Å²) in [5.74, 6) is 0. The van der Waals surface area contributed by atoms with Crippen LogP contribution in [0.1, 0.15) is 26.7 Å². The molecule has 0 spiro atoms. The van der Waals surface area contributed by atoms with Crippen LogP contribution < -0.4 is 5.32 Å². The summed E-state index contributed by atoms with van der Waals surface area (Å²) in [5.41, 5.74) is -1.01. The summed E-state index contributed by atoms with van der Waals surface area (Å²) >= 11 is 0. The molecule has 0 aliphatic heterocycles. The second-order valence-electron chi connectivity index (χ2n) is 3.49. The number of ether oxygens (including phenoxy) is 1. The van der Waals surface area contributed by atoms with E-state index in [1.54, 1.807) is 0 Å². The smallest absolute Gasteiger partial charge is 0.407 e. The lowest BCUT2D eigenvalue weighted by atomic mass is 10.1. The largest absolute Gasteiger partial charge is 0.450 e. The lowest BCUT2D eigenvalue weighted by molar-refractivity contribution is 0.0837. The molecule has 0 aliphatic rings. The van der Waals surface area contributed by atoms with Gasteiger partial charge in [0.05, 0.1) is 25.4 Å². The number of nitrogens with one attached hydrogen (secondary N) is 1. The Morgan fingerprint density at radius 3 is 2.43 bits per heavy atom. The van der Waals surface area contributed by atoms with Gasteiger partial charge in [0.25, 0.3) is 0 Å². The van der Waals surface area contributed by atoms with Crippen molar-refractivity contribution in [3.8, 4) is 0 Å². The molecule has 3 N–H and O–H groups in total. The molecular weight excluding hydrogens is 186 g/mol. The first-order chi connectivity index (χ1) is 6.58. The Morgan fingerprint density at radius 2 is 2.00 bits per heavy atom. The van der Waals surface area contributed by atoms with Gasteiger partial charge < -0.3 is 20.3 Å². The third-order valence-electron chi connectivity index (χ3n) is 1.83. The van der Waals surface area contributed by atoms with Crippen LogP contribution in [-0.4, -0.2) is 41.7 Å². The van der Waals surface area contributed by atoms with Crippen molar-refractivity contribution in [2.24, 2.45) is 0 Å². The summed E-state index contributed by atoms with van der Waals surface area (Å²) < 4.78 is 4.81. The number of alkyl carbamates (subject to hydrolysis) is 1. The van der Waals surface area contributed by atoms with Crippen LogP contribution in [0, 0.1) is 0 Å². The fourth-order valence-corrected chi connectivity index (χ4v) is 0.721. The second-order valence-corrected chi connectivity index (χ2v) is 3.49. The van der Waals surface area contributed by atoms with E-state index in [9.17, 15) is 4.79 Å². The molecule has 0 heterocycles. The molecule has 1 amide bonds. The van der Waals surface area contributed by atoms with E-state index in [-0.39, 0.29) is 13.2 Å². The maximum Gasteiger partial charge on any atom is 0.407 e. The highest BCUT2D eigenvalue weighted by molar-refractivity contribution is 5.68. The van der Waals surface area contributed by atoms with Crippen molar-refractivity contribution in [2.45, 2.75) is 32.2 Å². The quantitative estimate of drug-likeness (QED) is 0.543. The highest BCUT2D eigenvalue weighted by Gasteiger charge is 2.24. The summed E-state index contributed by atoms with van der Waals surface area (Å²) in [6.07, 6.45) is 1.15. The van der Waals surface area contributed by atoms with Crippen molar-refractivity contribution < 1.29 is 19.7 Å². The number of hydrogen-bond donors (Lipinski definition) is 3. The van der Waals surface area contributed by atoms with Gasteiger partial charge in [-0.2, -0.15) is 0 Å². The highest BCUT2D eigenvalue weighted by Crippen LogP contribution is 2.01. The van der Waals surface area contributed by atoms with Gasteiger partial charge >= 0.3 is 6.09 Å². The zero-order valence-corrected chi connectivity index (χ0v) is 8.75. The molecule has 0 unspecified atom stereocenters. The SMILES string of the molecule is CCCCOC(=O)NC(C)(CO)CO. The van der Waals surface area contributed by atoms with Gasteiger partial charge in [-0.25, -0.2) is 4.79 Å². The average Bonchev–Trinajstić information content (AvgIpc) is 2.18. The number of aliphatic hydroxyl groups is 2. The molecule has 5 heteroatoms. The zero-order valence-electron chi connectivity index (χ0n) is 8.75. The lowest BCUT2D eigenvalue weighted by Crippen LogP contribution is -2.51. The molecule has 0 fully saturated rings. The van der Waals surface area contributed by atoms with Crippen LogP contribution in [-0.2, 0) is 4.74 Å². The van der Waals surface area contributed by atoms with Crippen LogP contribution in [0.5, 0.6) is 0 Å². The number of hydrogen-bond acceptors (Lipinski definition) is 4. The summed E-state index contributed by atoms with van der Waals surface area (Å²) in [6.45, 7) is 3.23. The first kappa shape index (κ1) is 13.2. The van der Waals surface area contributed by atoms with E-state index < -0.39 is 11.6 Å². The molecule has 0 aromatic carbocycles. The third-order valence-corrected chi connectivity index (χ3v) is 1.83. The monoisotopic (exact) mass is 205 g/mol. The number of carbonyl (C=O) groups is 1. The Kier molecular flexibility index (Phi) is 6.23. The minimum Gasteiger partial charge on any atom is -0.450 e. The van der Waals surface area contributed by atoms with Crippen molar-refractivity contribution in [1.29, 1.82) is 0 Å². The second kappa shape index (κ2) is 6.62. The topological polar surface area (TPSA) is 78.8 Å².